The highest BCUT2D eigenvalue weighted by Crippen LogP contribution is 2.34. The van der Waals surface area contributed by atoms with E-state index in [4.69, 9.17) is 14.2 Å². The molecular formula is C20H26FN7O4. The number of hydrogen-bond acceptors (Lipinski definition) is 8. The SMILES string of the molecule is COCc1nn2ccnc(Nc3cc([C@@H]4OC[C@H](OC(=O)NC(C)C)[C@@H]4F)[nH]n3)c2c1C. The average Bonchev–Trinajstić information content (AvgIpc) is 3.41. The molecule has 0 spiro atoms. The molecule has 1 aliphatic heterocycles. The number of anilines is 2. The Labute approximate surface area is 183 Å². The van der Waals surface area contributed by atoms with E-state index in [-0.39, 0.29) is 12.6 Å². The molecule has 12 heteroatoms. The fourth-order valence-electron chi connectivity index (χ4n) is 3.57. The molecule has 1 amide bonds. The van der Waals surface area contributed by atoms with Gasteiger partial charge in [0, 0.05) is 37.2 Å². The molecule has 3 N–H and O–H groups in total. The van der Waals surface area contributed by atoms with Crippen LogP contribution in [0.3, 0.4) is 0 Å². The predicted octanol–water partition coefficient (Wildman–Crippen LogP) is 2.56. The van der Waals surface area contributed by atoms with Crippen molar-refractivity contribution in [3.8, 4) is 0 Å². The number of methoxy groups -OCH3 is 1. The summed E-state index contributed by atoms with van der Waals surface area (Å²) in [5.74, 6) is 0.987. The lowest BCUT2D eigenvalue weighted by molar-refractivity contribution is 0.0615. The van der Waals surface area contributed by atoms with Crippen molar-refractivity contribution in [3.05, 3.63) is 35.4 Å². The third-order valence-corrected chi connectivity index (χ3v) is 5.06. The number of ether oxygens (including phenoxy) is 3. The van der Waals surface area contributed by atoms with Crippen LogP contribution in [0, 0.1) is 6.92 Å². The number of alkyl carbamates (subject to hydrolysis) is 1. The third-order valence-electron chi connectivity index (χ3n) is 5.06. The van der Waals surface area contributed by atoms with Crippen LogP contribution in [0.15, 0.2) is 18.5 Å². The zero-order valence-electron chi connectivity index (χ0n) is 18.3. The lowest BCUT2D eigenvalue weighted by Gasteiger charge is -2.16. The molecule has 32 heavy (non-hydrogen) atoms. The zero-order valence-corrected chi connectivity index (χ0v) is 18.3. The second kappa shape index (κ2) is 9.09. The molecule has 0 aliphatic carbocycles. The molecule has 172 valence electrons. The summed E-state index contributed by atoms with van der Waals surface area (Å²) in [4.78, 5) is 16.2. The van der Waals surface area contributed by atoms with Gasteiger partial charge in [0.2, 0.25) is 0 Å². The number of aromatic amines is 1. The van der Waals surface area contributed by atoms with Gasteiger partial charge in [-0.3, -0.25) is 5.10 Å². The van der Waals surface area contributed by atoms with Crippen LogP contribution in [0.5, 0.6) is 0 Å². The molecule has 4 heterocycles. The van der Waals surface area contributed by atoms with Gasteiger partial charge in [-0.1, -0.05) is 0 Å². The Morgan fingerprint density at radius 1 is 1.47 bits per heavy atom. The van der Waals surface area contributed by atoms with Crippen LogP contribution in [0.2, 0.25) is 0 Å². The minimum Gasteiger partial charge on any atom is -0.441 e. The number of carbonyl (C=O) groups excluding carboxylic acids is 1. The maximum atomic E-state index is 14.9. The normalized spacial score (nSPS) is 20.8. The molecule has 0 aromatic carbocycles. The summed E-state index contributed by atoms with van der Waals surface area (Å²) in [5, 5.41) is 17.2. The standard InChI is InChI=1S/C20H26FN7O4/c1-10(2)23-20(29)32-14-9-31-18(16(14)21)12-7-15(26-25-12)24-19-17-11(3)13(8-30-4)27-28(17)6-5-22-19/h5-7,10,14,16,18H,8-9H2,1-4H3,(H,23,29)(H2,22,24,25,26)/t14-,16-,18-/m0/s1. The smallest absolute Gasteiger partial charge is 0.407 e. The Kier molecular flexibility index (Phi) is 6.24. The van der Waals surface area contributed by atoms with Crippen LogP contribution >= 0.6 is 0 Å². The Morgan fingerprint density at radius 2 is 2.28 bits per heavy atom. The summed E-state index contributed by atoms with van der Waals surface area (Å²) in [6.07, 6.45) is -0.763. The minimum atomic E-state index is -1.53. The lowest BCUT2D eigenvalue weighted by Crippen LogP contribution is -2.36. The van der Waals surface area contributed by atoms with Crippen molar-refractivity contribution in [2.75, 3.05) is 19.0 Å². The van der Waals surface area contributed by atoms with Crippen LogP contribution in [0.1, 0.15) is 36.9 Å². The van der Waals surface area contributed by atoms with Crippen LogP contribution in [0.4, 0.5) is 20.8 Å². The number of alkyl halides is 1. The Bertz CT molecular complexity index is 1100. The highest BCUT2D eigenvalue weighted by atomic mass is 19.1. The highest BCUT2D eigenvalue weighted by Gasteiger charge is 2.42. The quantitative estimate of drug-likeness (QED) is 0.504. The van der Waals surface area contributed by atoms with Crippen molar-refractivity contribution in [1.82, 2.24) is 30.1 Å². The van der Waals surface area contributed by atoms with Crippen molar-refractivity contribution in [3.63, 3.8) is 0 Å². The van der Waals surface area contributed by atoms with Gasteiger partial charge in [0.25, 0.3) is 0 Å². The molecule has 0 saturated carbocycles. The van der Waals surface area contributed by atoms with Crippen LogP contribution < -0.4 is 10.6 Å². The van der Waals surface area contributed by atoms with Crippen molar-refractivity contribution < 1.29 is 23.4 Å². The van der Waals surface area contributed by atoms with Gasteiger partial charge < -0.3 is 24.8 Å². The van der Waals surface area contributed by atoms with Crippen molar-refractivity contribution in [2.24, 2.45) is 0 Å². The number of aryl methyl sites for hydroxylation is 1. The van der Waals surface area contributed by atoms with Gasteiger partial charge >= 0.3 is 6.09 Å². The van der Waals surface area contributed by atoms with E-state index in [1.54, 1.807) is 43.9 Å². The molecular weight excluding hydrogens is 421 g/mol. The van der Waals surface area contributed by atoms with E-state index < -0.39 is 24.5 Å². The first-order valence-corrected chi connectivity index (χ1v) is 10.2. The van der Waals surface area contributed by atoms with E-state index in [0.717, 1.165) is 16.8 Å². The molecule has 11 nitrogen and oxygen atoms in total. The van der Waals surface area contributed by atoms with Crippen molar-refractivity contribution >= 4 is 23.2 Å². The molecule has 0 unspecified atom stereocenters. The monoisotopic (exact) mass is 447 g/mol. The van der Waals surface area contributed by atoms with Gasteiger partial charge in [0.1, 0.15) is 11.6 Å². The summed E-state index contributed by atoms with van der Waals surface area (Å²) in [7, 11) is 1.61. The van der Waals surface area contributed by atoms with Crippen LogP contribution in [-0.2, 0) is 20.8 Å². The summed E-state index contributed by atoms with van der Waals surface area (Å²) >= 11 is 0. The summed E-state index contributed by atoms with van der Waals surface area (Å²) in [5.41, 5.74) is 2.95. The number of hydrogen-bond donors (Lipinski definition) is 3. The largest absolute Gasteiger partial charge is 0.441 e. The third kappa shape index (κ3) is 4.36. The number of amides is 1. The van der Waals surface area contributed by atoms with Crippen molar-refractivity contribution in [1.29, 1.82) is 0 Å². The molecule has 3 atom stereocenters. The van der Waals surface area contributed by atoms with Gasteiger partial charge in [-0.25, -0.2) is 18.7 Å². The second-order valence-corrected chi connectivity index (χ2v) is 7.85. The fraction of sp³-hybridized carbons (Fsp3) is 0.500. The molecule has 4 rings (SSSR count). The van der Waals surface area contributed by atoms with Gasteiger partial charge in [0.15, 0.2) is 23.9 Å². The molecule has 1 aliphatic rings. The van der Waals surface area contributed by atoms with E-state index >= 15 is 0 Å². The number of H-pyrrole nitrogens is 1. The number of carbonyl (C=O) groups is 1. The maximum Gasteiger partial charge on any atom is 0.407 e. The first-order chi connectivity index (χ1) is 15.4. The molecule has 0 radical (unpaired) electrons. The molecule has 0 bridgehead atoms. The summed E-state index contributed by atoms with van der Waals surface area (Å²) in [6.45, 7) is 5.86. The average molecular weight is 447 g/mol. The number of rotatable bonds is 7. The van der Waals surface area contributed by atoms with Gasteiger partial charge in [-0.2, -0.15) is 10.2 Å². The Morgan fingerprint density at radius 3 is 3.03 bits per heavy atom. The van der Waals surface area contributed by atoms with Gasteiger partial charge in [-0.15, -0.1) is 0 Å². The number of aromatic nitrogens is 5. The Hall–Kier alpha value is -3.25. The van der Waals surface area contributed by atoms with Crippen molar-refractivity contribution in [2.45, 2.75) is 51.8 Å². The lowest BCUT2D eigenvalue weighted by atomic mass is 10.1. The van der Waals surface area contributed by atoms with Gasteiger partial charge in [0.05, 0.1) is 24.6 Å². The van der Waals surface area contributed by atoms with Gasteiger partial charge in [-0.05, 0) is 20.8 Å². The zero-order chi connectivity index (χ0) is 22.8. The van der Waals surface area contributed by atoms with E-state index in [2.05, 4.69) is 30.9 Å². The fourth-order valence-corrected chi connectivity index (χ4v) is 3.57. The van der Waals surface area contributed by atoms with E-state index in [0.29, 0.717) is 23.9 Å². The summed E-state index contributed by atoms with van der Waals surface area (Å²) < 4.78 is 32.5. The molecule has 1 saturated heterocycles. The number of nitrogens with zero attached hydrogens (tertiary/aromatic N) is 4. The van der Waals surface area contributed by atoms with Crippen LogP contribution in [-0.4, -0.2) is 62.9 Å². The molecule has 3 aromatic heterocycles. The first kappa shape index (κ1) is 22.0. The summed E-state index contributed by atoms with van der Waals surface area (Å²) in [6, 6.07) is 1.53. The van der Waals surface area contributed by atoms with E-state index in [1.807, 2.05) is 6.92 Å². The first-order valence-electron chi connectivity index (χ1n) is 10.2. The number of nitrogens with one attached hydrogen (secondary N) is 3. The highest BCUT2D eigenvalue weighted by molar-refractivity contribution is 5.76. The second-order valence-electron chi connectivity index (χ2n) is 7.85. The molecule has 1 fully saturated rings. The van der Waals surface area contributed by atoms with E-state index in [9.17, 15) is 9.18 Å². The minimum absolute atomic E-state index is 0.0444. The number of halogens is 1. The van der Waals surface area contributed by atoms with Crippen LogP contribution in [0.25, 0.3) is 5.52 Å². The Balaban J connectivity index is 1.48. The maximum absolute atomic E-state index is 14.9. The topological polar surface area (TPSA) is 128 Å². The van der Waals surface area contributed by atoms with E-state index in [1.165, 1.54) is 0 Å². The predicted molar refractivity (Wildman–Crippen MR) is 112 cm³/mol. The molecule has 3 aromatic rings. The number of fused-ring (bicyclic) bond motifs is 1.